The predicted octanol–water partition coefficient (Wildman–Crippen LogP) is 3.86. The topological polar surface area (TPSA) is 0 Å². The van der Waals surface area contributed by atoms with E-state index in [9.17, 15) is 0 Å². The molecule has 2 atom stereocenters. The van der Waals surface area contributed by atoms with Crippen LogP contribution >= 0.6 is 0 Å². The van der Waals surface area contributed by atoms with Crippen LogP contribution in [0.2, 0.25) is 0 Å². The molecule has 0 nitrogen and oxygen atoms in total. The first-order valence-corrected chi connectivity index (χ1v) is 4.70. The molecular weight excluding hydrogens is 120 g/mol. The lowest BCUT2D eigenvalue weighted by molar-refractivity contribution is 0.384. The Hall–Kier alpha value is 0. The van der Waals surface area contributed by atoms with Gasteiger partial charge in [0.2, 0.25) is 0 Å². The average molecular weight is 142 g/mol. The average Bonchev–Trinajstić information content (AvgIpc) is 1.88. The Kier molecular flexibility index (Phi) is 5.76. The van der Waals surface area contributed by atoms with Crippen LogP contribution in [-0.2, 0) is 0 Å². The molecule has 0 heterocycles. The van der Waals surface area contributed by atoms with Crippen LogP contribution in [0.1, 0.15) is 53.4 Å². The van der Waals surface area contributed by atoms with Gasteiger partial charge in [0.25, 0.3) is 0 Å². The lowest BCUT2D eigenvalue weighted by atomic mass is 9.92. The predicted molar refractivity (Wildman–Crippen MR) is 48.1 cm³/mol. The Bertz CT molecular complexity index is 66.4. The van der Waals surface area contributed by atoms with Gasteiger partial charge in [-0.1, -0.05) is 47.0 Å². The van der Waals surface area contributed by atoms with Crippen molar-refractivity contribution in [2.45, 2.75) is 53.4 Å². The van der Waals surface area contributed by atoms with Crippen LogP contribution in [-0.4, -0.2) is 0 Å². The molecule has 62 valence electrons. The van der Waals surface area contributed by atoms with Crippen molar-refractivity contribution >= 4 is 0 Å². The fourth-order valence-corrected chi connectivity index (χ4v) is 1.46. The van der Waals surface area contributed by atoms with Gasteiger partial charge in [-0.15, -0.1) is 0 Å². The van der Waals surface area contributed by atoms with E-state index >= 15 is 0 Å². The Labute approximate surface area is 66.0 Å². The molecule has 0 aromatic heterocycles. The highest BCUT2D eigenvalue weighted by Crippen LogP contribution is 2.18. The molecule has 0 aliphatic rings. The molecule has 0 amide bonds. The van der Waals surface area contributed by atoms with E-state index in [1.165, 1.54) is 25.7 Å². The van der Waals surface area contributed by atoms with Gasteiger partial charge in [0.05, 0.1) is 0 Å². The van der Waals surface area contributed by atoms with Gasteiger partial charge in [-0.25, -0.2) is 0 Å². The van der Waals surface area contributed by atoms with Gasteiger partial charge in [-0.05, 0) is 18.3 Å². The van der Waals surface area contributed by atoms with Crippen molar-refractivity contribution in [2.75, 3.05) is 0 Å². The van der Waals surface area contributed by atoms with Gasteiger partial charge < -0.3 is 0 Å². The SMILES string of the molecule is CCCC(C)CC(C)CC. The molecule has 0 saturated heterocycles. The largest absolute Gasteiger partial charge is 0.0654 e. The van der Waals surface area contributed by atoms with E-state index in [-0.39, 0.29) is 0 Å². The number of hydrogen-bond acceptors (Lipinski definition) is 0. The zero-order chi connectivity index (χ0) is 7.98. The van der Waals surface area contributed by atoms with Crippen molar-refractivity contribution in [2.24, 2.45) is 11.8 Å². The summed E-state index contributed by atoms with van der Waals surface area (Å²) in [5, 5.41) is 0. The standard InChI is InChI=1S/C10H22/c1-5-7-10(4)8-9(3)6-2/h9-10H,5-8H2,1-4H3. The minimum Gasteiger partial charge on any atom is -0.0654 e. The molecule has 0 bridgehead atoms. The zero-order valence-electron chi connectivity index (χ0n) is 7.98. The lowest BCUT2D eigenvalue weighted by Gasteiger charge is -2.14. The van der Waals surface area contributed by atoms with Crippen LogP contribution < -0.4 is 0 Å². The summed E-state index contributed by atoms with van der Waals surface area (Å²) < 4.78 is 0. The molecule has 10 heavy (non-hydrogen) atoms. The summed E-state index contributed by atoms with van der Waals surface area (Å²) in [6.07, 6.45) is 5.51. The Morgan fingerprint density at radius 1 is 1.00 bits per heavy atom. The first-order chi connectivity index (χ1) is 4.70. The number of hydrogen-bond donors (Lipinski definition) is 0. The second kappa shape index (κ2) is 5.76. The quantitative estimate of drug-likeness (QED) is 0.547. The fourth-order valence-electron chi connectivity index (χ4n) is 1.46. The molecule has 0 spiro atoms. The van der Waals surface area contributed by atoms with E-state index in [1.807, 2.05) is 0 Å². The van der Waals surface area contributed by atoms with Crippen molar-refractivity contribution < 1.29 is 0 Å². The van der Waals surface area contributed by atoms with Crippen molar-refractivity contribution in [3.63, 3.8) is 0 Å². The van der Waals surface area contributed by atoms with Gasteiger partial charge >= 0.3 is 0 Å². The van der Waals surface area contributed by atoms with E-state index in [0.29, 0.717) is 0 Å². The first kappa shape index (κ1) is 10.0. The second-order valence-corrected chi connectivity index (χ2v) is 3.64. The van der Waals surface area contributed by atoms with Crippen LogP contribution in [0.25, 0.3) is 0 Å². The maximum atomic E-state index is 2.37. The number of rotatable bonds is 5. The van der Waals surface area contributed by atoms with E-state index < -0.39 is 0 Å². The normalized spacial score (nSPS) is 16.8. The molecule has 0 rings (SSSR count). The smallest absolute Gasteiger partial charge is 0.0440 e. The highest BCUT2D eigenvalue weighted by molar-refractivity contribution is 4.57. The summed E-state index contributed by atoms with van der Waals surface area (Å²) in [6.45, 7) is 9.28. The molecule has 0 aromatic rings. The summed E-state index contributed by atoms with van der Waals surface area (Å²) >= 11 is 0. The molecule has 0 aliphatic heterocycles. The highest BCUT2D eigenvalue weighted by Gasteiger charge is 2.04. The van der Waals surface area contributed by atoms with Crippen molar-refractivity contribution in [3.8, 4) is 0 Å². The molecule has 0 saturated carbocycles. The van der Waals surface area contributed by atoms with Crippen LogP contribution in [0.15, 0.2) is 0 Å². The lowest BCUT2D eigenvalue weighted by Crippen LogP contribution is -2.01. The summed E-state index contributed by atoms with van der Waals surface area (Å²) in [6, 6.07) is 0. The third-order valence-electron chi connectivity index (χ3n) is 2.28. The Morgan fingerprint density at radius 2 is 1.60 bits per heavy atom. The monoisotopic (exact) mass is 142 g/mol. The third kappa shape index (κ3) is 4.84. The molecule has 0 heteroatoms. The van der Waals surface area contributed by atoms with Gasteiger partial charge in [0.1, 0.15) is 0 Å². The van der Waals surface area contributed by atoms with E-state index in [1.54, 1.807) is 0 Å². The Balaban J connectivity index is 3.27. The van der Waals surface area contributed by atoms with Crippen molar-refractivity contribution in [1.82, 2.24) is 0 Å². The molecule has 2 unspecified atom stereocenters. The summed E-state index contributed by atoms with van der Waals surface area (Å²) in [5.74, 6) is 1.88. The summed E-state index contributed by atoms with van der Waals surface area (Å²) in [5.41, 5.74) is 0. The zero-order valence-corrected chi connectivity index (χ0v) is 7.98. The second-order valence-electron chi connectivity index (χ2n) is 3.64. The molecule has 0 aromatic carbocycles. The summed E-state index contributed by atoms with van der Waals surface area (Å²) in [4.78, 5) is 0. The minimum absolute atomic E-state index is 0.932. The van der Waals surface area contributed by atoms with E-state index in [2.05, 4.69) is 27.7 Å². The third-order valence-corrected chi connectivity index (χ3v) is 2.28. The van der Waals surface area contributed by atoms with Gasteiger partial charge in [-0.2, -0.15) is 0 Å². The molecule has 0 N–H and O–H groups in total. The summed E-state index contributed by atoms with van der Waals surface area (Å²) in [7, 11) is 0. The maximum absolute atomic E-state index is 2.37. The molecule has 0 aliphatic carbocycles. The molecule has 0 radical (unpaired) electrons. The maximum Gasteiger partial charge on any atom is -0.0440 e. The molecule has 0 fully saturated rings. The fraction of sp³-hybridized carbons (Fsp3) is 1.00. The Morgan fingerprint density at radius 3 is 2.00 bits per heavy atom. The molecular formula is C10H22. The van der Waals surface area contributed by atoms with Crippen LogP contribution in [0.5, 0.6) is 0 Å². The van der Waals surface area contributed by atoms with Crippen LogP contribution in [0.4, 0.5) is 0 Å². The van der Waals surface area contributed by atoms with Crippen LogP contribution in [0.3, 0.4) is 0 Å². The minimum atomic E-state index is 0.932. The first-order valence-electron chi connectivity index (χ1n) is 4.70. The highest BCUT2D eigenvalue weighted by atomic mass is 14.1. The van der Waals surface area contributed by atoms with E-state index in [0.717, 1.165) is 11.8 Å². The van der Waals surface area contributed by atoms with Gasteiger partial charge in [-0.3, -0.25) is 0 Å². The van der Waals surface area contributed by atoms with E-state index in [4.69, 9.17) is 0 Å². The van der Waals surface area contributed by atoms with Crippen LogP contribution in [0, 0.1) is 11.8 Å². The van der Waals surface area contributed by atoms with Gasteiger partial charge in [0, 0.05) is 0 Å². The van der Waals surface area contributed by atoms with Crippen molar-refractivity contribution in [3.05, 3.63) is 0 Å². The van der Waals surface area contributed by atoms with Crippen molar-refractivity contribution in [1.29, 1.82) is 0 Å². The van der Waals surface area contributed by atoms with Gasteiger partial charge in [0.15, 0.2) is 0 Å².